The summed E-state index contributed by atoms with van der Waals surface area (Å²) in [5.41, 5.74) is 4.36. The Morgan fingerprint density at radius 1 is 1.04 bits per heavy atom. The van der Waals surface area contributed by atoms with E-state index in [9.17, 15) is 0 Å². The molecule has 2 bridgehead atoms. The summed E-state index contributed by atoms with van der Waals surface area (Å²) in [4.78, 5) is 8.71. The predicted molar refractivity (Wildman–Crippen MR) is 101 cm³/mol. The topological polar surface area (TPSA) is 55.1 Å². The SMILES string of the molecule is Ic1c(-c2ccncc2)nn2c(C3CC4CCC(C3)N4)ccnc12. The number of piperidine rings is 1. The van der Waals surface area contributed by atoms with Crippen LogP contribution < -0.4 is 5.32 Å². The minimum absolute atomic E-state index is 0.565. The maximum absolute atomic E-state index is 4.93. The van der Waals surface area contributed by atoms with Crippen LogP contribution in [0.25, 0.3) is 16.9 Å². The summed E-state index contributed by atoms with van der Waals surface area (Å²) in [6.45, 7) is 0. The lowest BCUT2D eigenvalue weighted by molar-refractivity contribution is 0.355. The first kappa shape index (κ1) is 14.8. The Hall–Kier alpha value is -1.54. The highest BCUT2D eigenvalue weighted by Crippen LogP contribution is 2.38. The highest BCUT2D eigenvalue weighted by Gasteiger charge is 2.35. The van der Waals surface area contributed by atoms with E-state index in [2.05, 4.69) is 48.5 Å². The first-order chi connectivity index (χ1) is 11.8. The van der Waals surface area contributed by atoms with Gasteiger partial charge in [0.25, 0.3) is 0 Å². The van der Waals surface area contributed by atoms with Gasteiger partial charge in [0.05, 0.1) is 3.57 Å². The molecule has 3 aromatic heterocycles. The molecule has 122 valence electrons. The second-order valence-corrected chi connectivity index (χ2v) is 7.89. The Balaban J connectivity index is 1.63. The number of fused-ring (bicyclic) bond motifs is 3. The molecular weight excluding hydrogens is 413 g/mol. The van der Waals surface area contributed by atoms with Crippen molar-refractivity contribution in [1.82, 2.24) is 24.9 Å². The van der Waals surface area contributed by atoms with Crippen molar-refractivity contribution < 1.29 is 0 Å². The van der Waals surface area contributed by atoms with Crippen molar-refractivity contribution in [3.05, 3.63) is 46.1 Å². The average molecular weight is 431 g/mol. The zero-order valence-electron chi connectivity index (χ0n) is 13.2. The number of hydrogen-bond acceptors (Lipinski definition) is 4. The van der Waals surface area contributed by atoms with Gasteiger partial charge in [-0.1, -0.05) is 0 Å². The molecule has 0 saturated carbocycles. The van der Waals surface area contributed by atoms with E-state index in [4.69, 9.17) is 5.10 Å². The Bertz CT molecular complexity index is 879. The van der Waals surface area contributed by atoms with Gasteiger partial charge in [0.2, 0.25) is 0 Å². The van der Waals surface area contributed by atoms with E-state index in [0.29, 0.717) is 18.0 Å². The highest BCUT2D eigenvalue weighted by molar-refractivity contribution is 14.1. The third kappa shape index (κ3) is 2.35. The summed E-state index contributed by atoms with van der Waals surface area (Å²) in [5, 5.41) is 8.65. The van der Waals surface area contributed by atoms with Crippen LogP contribution in [0.5, 0.6) is 0 Å². The number of halogens is 1. The van der Waals surface area contributed by atoms with Crippen LogP contribution >= 0.6 is 22.6 Å². The predicted octanol–water partition coefficient (Wildman–Crippen LogP) is 3.39. The summed E-state index contributed by atoms with van der Waals surface area (Å²) < 4.78 is 3.19. The molecule has 2 saturated heterocycles. The molecule has 5 nitrogen and oxygen atoms in total. The largest absolute Gasteiger partial charge is 0.311 e. The fourth-order valence-electron chi connectivity index (χ4n) is 4.24. The second kappa shape index (κ2) is 5.77. The summed E-state index contributed by atoms with van der Waals surface area (Å²) in [7, 11) is 0. The van der Waals surface area contributed by atoms with E-state index in [-0.39, 0.29) is 0 Å². The molecule has 5 rings (SSSR count). The molecule has 6 heteroatoms. The molecule has 5 heterocycles. The monoisotopic (exact) mass is 431 g/mol. The van der Waals surface area contributed by atoms with Crippen LogP contribution in [0.15, 0.2) is 36.8 Å². The minimum atomic E-state index is 0.565. The van der Waals surface area contributed by atoms with E-state index in [0.717, 1.165) is 20.5 Å². The normalized spacial score (nSPS) is 26.1. The van der Waals surface area contributed by atoms with Gasteiger partial charge in [-0.25, -0.2) is 9.50 Å². The zero-order chi connectivity index (χ0) is 16.1. The second-order valence-electron chi connectivity index (χ2n) is 6.81. The van der Waals surface area contributed by atoms with Crippen molar-refractivity contribution in [2.24, 2.45) is 0 Å². The first-order valence-corrected chi connectivity index (χ1v) is 9.57. The van der Waals surface area contributed by atoms with E-state index in [1.54, 1.807) is 0 Å². The van der Waals surface area contributed by atoms with Gasteiger partial charge >= 0.3 is 0 Å². The molecule has 1 N–H and O–H groups in total. The van der Waals surface area contributed by atoms with Crippen LogP contribution in [0, 0.1) is 3.57 Å². The van der Waals surface area contributed by atoms with Crippen molar-refractivity contribution >= 4 is 28.2 Å². The van der Waals surface area contributed by atoms with Crippen LogP contribution in [0.4, 0.5) is 0 Å². The molecule has 0 aromatic carbocycles. The van der Waals surface area contributed by atoms with Gasteiger partial charge in [0.1, 0.15) is 5.69 Å². The van der Waals surface area contributed by atoms with Crippen molar-refractivity contribution in [3.8, 4) is 11.3 Å². The minimum Gasteiger partial charge on any atom is -0.311 e. The maximum atomic E-state index is 4.93. The third-order valence-electron chi connectivity index (χ3n) is 5.34. The lowest BCUT2D eigenvalue weighted by Crippen LogP contribution is -2.37. The standard InChI is InChI=1S/C18H18IN5/c19-16-17(11-3-6-20-7-4-11)23-24-15(5-8-21-18(16)24)12-9-13-1-2-14(10-12)22-13/h3-8,12-14,22H,1-2,9-10H2. The van der Waals surface area contributed by atoms with E-state index >= 15 is 0 Å². The number of nitrogens with one attached hydrogen (secondary N) is 1. The van der Waals surface area contributed by atoms with E-state index in [1.165, 1.54) is 31.4 Å². The smallest absolute Gasteiger partial charge is 0.169 e. The van der Waals surface area contributed by atoms with Crippen LogP contribution in [0.1, 0.15) is 37.3 Å². The summed E-state index contributed by atoms with van der Waals surface area (Å²) in [6.07, 6.45) is 10.6. The summed E-state index contributed by atoms with van der Waals surface area (Å²) in [6, 6.07) is 7.52. The Labute approximate surface area is 154 Å². The summed E-state index contributed by atoms with van der Waals surface area (Å²) >= 11 is 2.37. The average Bonchev–Trinajstić information content (AvgIpc) is 3.15. The van der Waals surface area contributed by atoms with Crippen LogP contribution in [-0.4, -0.2) is 31.7 Å². The third-order valence-corrected chi connectivity index (χ3v) is 6.33. The number of pyridine rings is 1. The maximum Gasteiger partial charge on any atom is 0.169 e. The molecule has 2 atom stereocenters. The fraction of sp³-hybridized carbons (Fsp3) is 0.389. The van der Waals surface area contributed by atoms with Gasteiger partial charge in [-0.2, -0.15) is 5.10 Å². The van der Waals surface area contributed by atoms with Crippen LogP contribution in [-0.2, 0) is 0 Å². The highest BCUT2D eigenvalue weighted by atomic mass is 127. The number of aromatic nitrogens is 4. The zero-order valence-corrected chi connectivity index (χ0v) is 15.3. The molecule has 2 aliphatic rings. The number of hydrogen-bond donors (Lipinski definition) is 1. The van der Waals surface area contributed by atoms with Crippen molar-refractivity contribution in [2.75, 3.05) is 0 Å². The molecule has 0 aliphatic carbocycles. The van der Waals surface area contributed by atoms with Gasteiger partial charge in [-0.15, -0.1) is 0 Å². The van der Waals surface area contributed by atoms with Crippen molar-refractivity contribution in [1.29, 1.82) is 0 Å². The lowest BCUT2D eigenvalue weighted by atomic mass is 9.89. The number of nitrogens with zero attached hydrogens (tertiary/aromatic N) is 4. The number of rotatable bonds is 2. The van der Waals surface area contributed by atoms with Gasteiger partial charge in [0, 0.05) is 47.8 Å². The molecule has 0 radical (unpaired) electrons. The molecule has 0 amide bonds. The molecular formula is C18H18IN5. The molecule has 3 aromatic rings. The lowest BCUT2D eigenvalue weighted by Gasteiger charge is -2.29. The fourth-order valence-corrected chi connectivity index (χ4v) is 5.03. The Kier molecular flexibility index (Phi) is 3.55. The Morgan fingerprint density at radius 3 is 2.54 bits per heavy atom. The van der Waals surface area contributed by atoms with Crippen molar-refractivity contribution in [3.63, 3.8) is 0 Å². The molecule has 0 spiro atoms. The van der Waals surface area contributed by atoms with E-state index in [1.807, 2.05) is 30.7 Å². The molecule has 2 unspecified atom stereocenters. The van der Waals surface area contributed by atoms with Gasteiger partial charge in [-0.05, 0) is 66.5 Å². The molecule has 2 aliphatic heterocycles. The van der Waals surface area contributed by atoms with Crippen LogP contribution in [0.3, 0.4) is 0 Å². The Morgan fingerprint density at radius 2 is 1.79 bits per heavy atom. The first-order valence-electron chi connectivity index (χ1n) is 8.49. The van der Waals surface area contributed by atoms with Gasteiger partial charge in [0.15, 0.2) is 5.65 Å². The quantitative estimate of drug-likeness (QED) is 0.633. The summed E-state index contributed by atoms with van der Waals surface area (Å²) in [5.74, 6) is 0.565. The van der Waals surface area contributed by atoms with Gasteiger partial charge < -0.3 is 5.32 Å². The van der Waals surface area contributed by atoms with Gasteiger partial charge in [-0.3, -0.25) is 4.98 Å². The molecule has 24 heavy (non-hydrogen) atoms. The van der Waals surface area contributed by atoms with Crippen LogP contribution in [0.2, 0.25) is 0 Å². The molecule has 2 fully saturated rings. The van der Waals surface area contributed by atoms with Crippen molar-refractivity contribution in [2.45, 2.75) is 43.7 Å². The van der Waals surface area contributed by atoms with E-state index < -0.39 is 0 Å².